The van der Waals surface area contributed by atoms with E-state index < -0.39 is 0 Å². The number of fused-ring (bicyclic) bond motifs is 1. The van der Waals surface area contributed by atoms with Crippen LogP contribution in [0.4, 0.5) is 5.69 Å². The predicted molar refractivity (Wildman–Crippen MR) is 119 cm³/mol. The zero-order valence-corrected chi connectivity index (χ0v) is 17.3. The molecule has 0 radical (unpaired) electrons. The number of hydrazone groups is 1. The van der Waals surface area contributed by atoms with Crippen LogP contribution < -0.4 is 10.3 Å². The highest BCUT2D eigenvalue weighted by Crippen LogP contribution is 2.29. The van der Waals surface area contributed by atoms with Crippen LogP contribution in [0.1, 0.15) is 32.6 Å². The first kappa shape index (κ1) is 19.5. The lowest BCUT2D eigenvalue weighted by atomic mass is 10.1. The number of rotatable bonds is 4. The zero-order chi connectivity index (χ0) is 20.4. The van der Waals surface area contributed by atoms with Crippen molar-refractivity contribution in [1.29, 1.82) is 0 Å². The van der Waals surface area contributed by atoms with E-state index in [1.165, 1.54) is 23.0 Å². The van der Waals surface area contributed by atoms with Gasteiger partial charge >= 0.3 is 0 Å². The molecule has 0 aliphatic carbocycles. The van der Waals surface area contributed by atoms with Crippen LogP contribution in [0.2, 0.25) is 10.0 Å². The zero-order valence-electron chi connectivity index (χ0n) is 15.8. The van der Waals surface area contributed by atoms with E-state index in [9.17, 15) is 4.79 Å². The number of carbonyl (C=O) groups excluding carboxylic acids is 1. The maximum Gasteiger partial charge on any atom is 0.271 e. The van der Waals surface area contributed by atoms with Gasteiger partial charge < -0.3 is 4.90 Å². The van der Waals surface area contributed by atoms with Crippen molar-refractivity contribution >= 4 is 41.0 Å². The Morgan fingerprint density at radius 2 is 1.76 bits per heavy atom. The Hall–Kier alpha value is -2.82. The molecule has 1 amide bonds. The maximum absolute atomic E-state index is 12.5. The lowest BCUT2D eigenvalue weighted by Gasteiger charge is -2.17. The van der Waals surface area contributed by atoms with Crippen LogP contribution in [0, 0.1) is 6.92 Å². The molecule has 1 N–H and O–H groups in total. The highest BCUT2D eigenvalue weighted by molar-refractivity contribution is 6.36. The molecule has 0 unspecified atom stereocenters. The normalized spacial score (nSPS) is 13.0. The predicted octanol–water partition coefficient (Wildman–Crippen LogP) is 5.59. The van der Waals surface area contributed by atoms with Crippen molar-refractivity contribution in [3.05, 3.63) is 98.5 Å². The van der Waals surface area contributed by atoms with Crippen molar-refractivity contribution in [2.75, 3.05) is 4.90 Å². The summed E-state index contributed by atoms with van der Waals surface area (Å²) in [6, 6.07) is 19.4. The Bertz CT molecular complexity index is 1090. The first-order chi connectivity index (χ1) is 14.0. The van der Waals surface area contributed by atoms with Crippen LogP contribution in [0.15, 0.2) is 65.8 Å². The minimum Gasteiger partial charge on any atom is -0.363 e. The third kappa shape index (κ3) is 4.44. The number of hydrogen-bond acceptors (Lipinski definition) is 3. The van der Waals surface area contributed by atoms with E-state index in [-0.39, 0.29) is 5.91 Å². The van der Waals surface area contributed by atoms with Crippen molar-refractivity contribution < 1.29 is 4.79 Å². The molecule has 0 spiro atoms. The van der Waals surface area contributed by atoms with Crippen molar-refractivity contribution in [3.63, 3.8) is 0 Å². The Morgan fingerprint density at radius 1 is 1.00 bits per heavy atom. The van der Waals surface area contributed by atoms with Gasteiger partial charge in [0.05, 0.1) is 11.2 Å². The van der Waals surface area contributed by atoms with Gasteiger partial charge in [-0.15, -0.1) is 0 Å². The smallest absolute Gasteiger partial charge is 0.271 e. The molecule has 0 fully saturated rings. The molecule has 3 aromatic rings. The lowest BCUT2D eigenvalue weighted by Crippen LogP contribution is -2.18. The molecular formula is C23H19Cl2N3O. The second-order valence-corrected chi connectivity index (χ2v) is 7.88. The Morgan fingerprint density at radius 3 is 2.52 bits per heavy atom. The number of hydrogen-bond donors (Lipinski definition) is 1. The molecule has 0 saturated carbocycles. The van der Waals surface area contributed by atoms with Crippen LogP contribution in [0.5, 0.6) is 0 Å². The maximum atomic E-state index is 12.5. The van der Waals surface area contributed by atoms with E-state index in [0.717, 1.165) is 18.7 Å². The van der Waals surface area contributed by atoms with Gasteiger partial charge in [0.2, 0.25) is 0 Å². The molecule has 3 aromatic carbocycles. The number of aryl methyl sites for hydroxylation is 1. The van der Waals surface area contributed by atoms with Gasteiger partial charge in [0.15, 0.2) is 0 Å². The molecule has 0 saturated heterocycles. The minimum atomic E-state index is -0.261. The summed E-state index contributed by atoms with van der Waals surface area (Å²) < 4.78 is 0. The molecule has 4 nitrogen and oxygen atoms in total. The van der Waals surface area contributed by atoms with Gasteiger partial charge in [0.1, 0.15) is 0 Å². The monoisotopic (exact) mass is 423 g/mol. The summed E-state index contributed by atoms with van der Waals surface area (Å²) in [5.41, 5.74) is 8.63. The van der Waals surface area contributed by atoms with Gasteiger partial charge in [-0.2, -0.15) is 5.10 Å². The van der Waals surface area contributed by atoms with E-state index in [0.29, 0.717) is 21.2 Å². The number of anilines is 1. The van der Waals surface area contributed by atoms with Gasteiger partial charge in [0, 0.05) is 34.9 Å². The van der Waals surface area contributed by atoms with Gasteiger partial charge in [-0.05, 0) is 54.4 Å². The molecule has 1 aliphatic rings. The SMILES string of the molecule is Cc1ccc(N2Cc3ccc(C(=O)N/N=C/c4ccc(Cl)cc4Cl)cc3C2)cc1. The molecule has 6 heteroatoms. The number of amides is 1. The Kier molecular flexibility index (Phi) is 5.56. The average molecular weight is 424 g/mol. The van der Waals surface area contributed by atoms with E-state index in [4.69, 9.17) is 23.2 Å². The minimum absolute atomic E-state index is 0.261. The van der Waals surface area contributed by atoms with Crippen molar-refractivity contribution in [3.8, 4) is 0 Å². The Balaban J connectivity index is 1.43. The number of halogens is 2. The summed E-state index contributed by atoms with van der Waals surface area (Å²) >= 11 is 12.0. The number of carbonyl (C=O) groups is 1. The fraction of sp³-hybridized carbons (Fsp3) is 0.130. The molecule has 0 bridgehead atoms. The van der Waals surface area contributed by atoms with Crippen LogP contribution in [0.25, 0.3) is 0 Å². The molecule has 146 valence electrons. The summed E-state index contributed by atoms with van der Waals surface area (Å²) in [4.78, 5) is 14.8. The molecule has 4 rings (SSSR count). The first-order valence-corrected chi connectivity index (χ1v) is 9.97. The average Bonchev–Trinajstić information content (AvgIpc) is 3.13. The molecule has 1 aliphatic heterocycles. The molecule has 29 heavy (non-hydrogen) atoms. The number of benzene rings is 3. The summed E-state index contributed by atoms with van der Waals surface area (Å²) in [6.45, 7) is 3.70. The molecule has 0 aromatic heterocycles. The van der Waals surface area contributed by atoms with E-state index >= 15 is 0 Å². The van der Waals surface area contributed by atoms with Crippen LogP contribution >= 0.6 is 23.2 Å². The van der Waals surface area contributed by atoms with Crippen LogP contribution in [0.3, 0.4) is 0 Å². The highest BCUT2D eigenvalue weighted by Gasteiger charge is 2.20. The second-order valence-electron chi connectivity index (χ2n) is 7.04. The largest absolute Gasteiger partial charge is 0.363 e. The fourth-order valence-corrected chi connectivity index (χ4v) is 3.76. The summed E-state index contributed by atoms with van der Waals surface area (Å²) in [5, 5.41) is 5.04. The molecule has 1 heterocycles. The summed E-state index contributed by atoms with van der Waals surface area (Å²) in [7, 11) is 0. The second kappa shape index (κ2) is 8.27. The van der Waals surface area contributed by atoms with Crippen molar-refractivity contribution in [2.45, 2.75) is 20.0 Å². The van der Waals surface area contributed by atoms with E-state index in [2.05, 4.69) is 46.6 Å². The van der Waals surface area contributed by atoms with E-state index in [1.807, 2.05) is 18.2 Å². The fourth-order valence-electron chi connectivity index (χ4n) is 3.31. The molecular weight excluding hydrogens is 405 g/mol. The van der Waals surface area contributed by atoms with Crippen molar-refractivity contribution in [1.82, 2.24) is 5.43 Å². The summed E-state index contributed by atoms with van der Waals surface area (Å²) in [6.07, 6.45) is 1.50. The third-order valence-electron chi connectivity index (χ3n) is 4.92. The standard InChI is InChI=1S/C23H19Cl2N3O/c1-15-2-8-21(9-3-15)28-13-18-5-4-16(10-19(18)14-28)23(29)27-26-12-17-6-7-20(24)11-22(17)25/h2-12H,13-14H2,1H3,(H,27,29)/b26-12+. The summed E-state index contributed by atoms with van der Waals surface area (Å²) in [5.74, 6) is -0.261. The highest BCUT2D eigenvalue weighted by atomic mass is 35.5. The van der Waals surface area contributed by atoms with Crippen LogP contribution in [-0.4, -0.2) is 12.1 Å². The van der Waals surface area contributed by atoms with Crippen LogP contribution in [-0.2, 0) is 13.1 Å². The Labute approximate surface area is 179 Å². The number of nitrogens with zero attached hydrogens (tertiary/aromatic N) is 2. The third-order valence-corrected chi connectivity index (χ3v) is 5.48. The van der Waals surface area contributed by atoms with Gasteiger partial charge in [-0.25, -0.2) is 5.43 Å². The van der Waals surface area contributed by atoms with Gasteiger partial charge in [0.25, 0.3) is 5.91 Å². The van der Waals surface area contributed by atoms with E-state index in [1.54, 1.807) is 18.2 Å². The van der Waals surface area contributed by atoms with Gasteiger partial charge in [-0.1, -0.05) is 53.0 Å². The van der Waals surface area contributed by atoms with Crippen molar-refractivity contribution in [2.24, 2.45) is 5.10 Å². The van der Waals surface area contributed by atoms with Gasteiger partial charge in [-0.3, -0.25) is 4.79 Å². The number of nitrogens with one attached hydrogen (secondary N) is 1. The molecule has 0 atom stereocenters. The lowest BCUT2D eigenvalue weighted by molar-refractivity contribution is 0.0955. The first-order valence-electron chi connectivity index (χ1n) is 9.21. The quantitative estimate of drug-likeness (QED) is 0.439. The topological polar surface area (TPSA) is 44.7 Å².